The molecule has 0 aromatic carbocycles. The third-order valence-electron chi connectivity index (χ3n) is 4.23. The predicted molar refractivity (Wildman–Crippen MR) is 80.3 cm³/mol. The van der Waals surface area contributed by atoms with Crippen LogP contribution >= 0.6 is 0 Å². The van der Waals surface area contributed by atoms with E-state index in [-0.39, 0.29) is 24.6 Å². The number of alkyl halides is 3. The van der Waals surface area contributed by atoms with Crippen LogP contribution in [0.25, 0.3) is 0 Å². The van der Waals surface area contributed by atoms with Crippen LogP contribution in [0.1, 0.15) is 35.8 Å². The Morgan fingerprint density at radius 1 is 1.48 bits per heavy atom. The van der Waals surface area contributed by atoms with E-state index < -0.39 is 18.0 Å². The van der Waals surface area contributed by atoms with Gasteiger partial charge in [-0.25, -0.2) is 4.98 Å². The molecular formula is C15H18F3N5O2. The van der Waals surface area contributed by atoms with E-state index in [0.717, 1.165) is 0 Å². The van der Waals surface area contributed by atoms with Crippen molar-refractivity contribution in [2.45, 2.75) is 32.2 Å². The Hall–Kier alpha value is -2.36. The second-order valence-corrected chi connectivity index (χ2v) is 5.94. The Morgan fingerprint density at radius 2 is 2.24 bits per heavy atom. The van der Waals surface area contributed by atoms with Gasteiger partial charge in [0.05, 0.1) is 0 Å². The van der Waals surface area contributed by atoms with Crippen LogP contribution in [-0.2, 0) is 35.7 Å². The molecule has 0 bridgehead atoms. The number of carbonyl (C=O) groups is 1. The fourth-order valence-corrected chi connectivity index (χ4v) is 2.87. The molecule has 0 radical (unpaired) electrons. The van der Waals surface area contributed by atoms with Crippen molar-refractivity contribution in [2.24, 2.45) is 7.05 Å². The van der Waals surface area contributed by atoms with Crippen LogP contribution in [0, 0.1) is 0 Å². The third-order valence-corrected chi connectivity index (χ3v) is 4.23. The van der Waals surface area contributed by atoms with Crippen molar-refractivity contribution in [1.82, 2.24) is 24.6 Å². The van der Waals surface area contributed by atoms with Crippen molar-refractivity contribution in [2.75, 3.05) is 13.2 Å². The topological polar surface area (TPSA) is 76.0 Å². The molecule has 1 atom stereocenters. The molecule has 25 heavy (non-hydrogen) atoms. The zero-order chi connectivity index (χ0) is 18.2. The van der Waals surface area contributed by atoms with Crippen molar-refractivity contribution in [3.63, 3.8) is 0 Å². The lowest BCUT2D eigenvalue weighted by atomic mass is 10.1. The SMILES string of the molecule is CC(OCC(=O)N1CCc2[nH]nc(C(F)(F)F)c2C1)c1nccn1C. The second kappa shape index (κ2) is 6.51. The molecule has 1 amide bonds. The van der Waals surface area contributed by atoms with E-state index in [0.29, 0.717) is 24.5 Å². The monoisotopic (exact) mass is 357 g/mol. The van der Waals surface area contributed by atoms with Crippen LogP contribution in [-0.4, -0.2) is 43.7 Å². The summed E-state index contributed by atoms with van der Waals surface area (Å²) in [4.78, 5) is 17.8. The van der Waals surface area contributed by atoms with Crippen LogP contribution in [0.3, 0.4) is 0 Å². The molecule has 7 nitrogen and oxygen atoms in total. The first kappa shape index (κ1) is 17.5. The molecule has 2 aromatic rings. The minimum Gasteiger partial charge on any atom is -0.361 e. The van der Waals surface area contributed by atoms with Gasteiger partial charge in [0.15, 0.2) is 5.69 Å². The number of hydrogen-bond donors (Lipinski definition) is 1. The number of H-pyrrole nitrogens is 1. The van der Waals surface area contributed by atoms with Gasteiger partial charge in [-0.05, 0) is 6.92 Å². The Balaban J connectivity index is 1.63. The average Bonchev–Trinajstić information content (AvgIpc) is 3.17. The minimum atomic E-state index is -4.54. The van der Waals surface area contributed by atoms with Crippen LogP contribution < -0.4 is 0 Å². The zero-order valence-corrected chi connectivity index (χ0v) is 13.8. The zero-order valence-electron chi connectivity index (χ0n) is 13.8. The highest BCUT2D eigenvalue weighted by molar-refractivity contribution is 5.77. The Kier molecular flexibility index (Phi) is 4.55. The summed E-state index contributed by atoms with van der Waals surface area (Å²) in [6.07, 6.45) is -1.25. The lowest BCUT2D eigenvalue weighted by molar-refractivity contribution is -0.144. The van der Waals surface area contributed by atoms with Crippen molar-refractivity contribution in [3.8, 4) is 0 Å². The van der Waals surface area contributed by atoms with Gasteiger partial charge in [0.2, 0.25) is 5.91 Å². The number of halogens is 3. The normalized spacial score (nSPS) is 16.0. The van der Waals surface area contributed by atoms with Gasteiger partial charge in [0.25, 0.3) is 0 Å². The molecule has 1 aliphatic rings. The fourth-order valence-electron chi connectivity index (χ4n) is 2.87. The lowest BCUT2D eigenvalue weighted by Crippen LogP contribution is -2.38. The molecule has 1 unspecified atom stereocenters. The standard InChI is InChI=1S/C15H18F3N5O2/c1-9(14-19-4-6-22(14)2)25-8-12(24)23-5-3-11-10(7-23)13(21-20-11)15(16,17)18/h4,6,9H,3,5,7-8H2,1-2H3,(H,20,21). The maximum Gasteiger partial charge on any atom is 0.435 e. The average molecular weight is 357 g/mol. The molecule has 3 heterocycles. The van der Waals surface area contributed by atoms with Gasteiger partial charge in [-0.1, -0.05) is 0 Å². The van der Waals surface area contributed by atoms with Crippen LogP contribution in [0.15, 0.2) is 12.4 Å². The maximum atomic E-state index is 13.0. The molecule has 2 aromatic heterocycles. The number of carbonyl (C=O) groups excluding carboxylic acids is 1. The molecule has 0 fully saturated rings. The van der Waals surface area contributed by atoms with Gasteiger partial charge in [-0.2, -0.15) is 18.3 Å². The lowest BCUT2D eigenvalue weighted by Gasteiger charge is -2.27. The van der Waals surface area contributed by atoms with E-state index >= 15 is 0 Å². The van der Waals surface area contributed by atoms with Gasteiger partial charge in [-0.3, -0.25) is 9.89 Å². The van der Waals surface area contributed by atoms with E-state index in [9.17, 15) is 18.0 Å². The summed E-state index contributed by atoms with van der Waals surface area (Å²) in [7, 11) is 1.81. The van der Waals surface area contributed by atoms with Crippen LogP contribution in [0.2, 0.25) is 0 Å². The number of nitrogens with zero attached hydrogens (tertiary/aromatic N) is 4. The molecule has 1 N–H and O–H groups in total. The minimum absolute atomic E-state index is 0.0317. The molecule has 1 aliphatic heterocycles. The molecule has 10 heteroatoms. The number of rotatable bonds is 4. The number of hydrogen-bond acceptors (Lipinski definition) is 4. The summed E-state index contributed by atoms with van der Waals surface area (Å²) in [6.45, 7) is 1.75. The second-order valence-electron chi connectivity index (χ2n) is 5.94. The highest BCUT2D eigenvalue weighted by Gasteiger charge is 2.39. The van der Waals surface area contributed by atoms with Crippen molar-refractivity contribution < 1.29 is 22.7 Å². The van der Waals surface area contributed by atoms with E-state index in [4.69, 9.17) is 4.74 Å². The van der Waals surface area contributed by atoms with Gasteiger partial charge >= 0.3 is 6.18 Å². The number of aromatic amines is 1. The summed E-state index contributed by atoms with van der Waals surface area (Å²) in [5.41, 5.74) is -0.495. The molecule has 0 saturated carbocycles. The molecule has 136 valence electrons. The van der Waals surface area contributed by atoms with Crippen LogP contribution in [0.4, 0.5) is 13.2 Å². The summed E-state index contributed by atoms with van der Waals surface area (Å²) in [5.74, 6) is 0.309. The number of fused-ring (bicyclic) bond motifs is 1. The number of imidazole rings is 1. The Morgan fingerprint density at radius 3 is 2.88 bits per heavy atom. The first-order valence-corrected chi connectivity index (χ1v) is 7.77. The van der Waals surface area contributed by atoms with E-state index in [1.54, 1.807) is 23.9 Å². The largest absolute Gasteiger partial charge is 0.435 e. The number of ether oxygens (including phenoxy) is 1. The molecule has 0 spiro atoms. The first-order valence-electron chi connectivity index (χ1n) is 7.77. The van der Waals surface area contributed by atoms with Crippen molar-refractivity contribution >= 4 is 5.91 Å². The van der Waals surface area contributed by atoms with Crippen molar-refractivity contribution in [3.05, 3.63) is 35.2 Å². The van der Waals surface area contributed by atoms with Gasteiger partial charge in [0, 0.05) is 50.2 Å². The van der Waals surface area contributed by atoms with E-state index in [1.807, 2.05) is 7.05 Å². The number of aromatic nitrogens is 4. The van der Waals surface area contributed by atoms with Gasteiger partial charge in [-0.15, -0.1) is 0 Å². The molecule has 0 saturated heterocycles. The summed E-state index contributed by atoms with van der Waals surface area (Å²) < 4.78 is 46.2. The predicted octanol–water partition coefficient (Wildman–Crippen LogP) is 1.82. The summed E-state index contributed by atoms with van der Waals surface area (Å²) in [5, 5.41) is 5.77. The molecule has 0 aliphatic carbocycles. The summed E-state index contributed by atoms with van der Waals surface area (Å²) in [6, 6.07) is 0. The fraction of sp³-hybridized carbons (Fsp3) is 0.533. The maximum absolute atomic E-state index is 13.0. The quantitative estimate of drug-likeness (QED) is 0.906. The van der Waals surface area contributed by atoms with Gasteiger partial charge < -0.3 is 14.2 Å². The Labute approximate surface area is 141 Å². The Bertz CT molecular complexity index is 768. The summed E-state index contributed by atoms with van der Waals surface area (Å²) >= 11 is 0. The molecule has 3 rings (SSSR count). The van der Waals surface area contributed by atoms with E-state index in [1.165, 1.54) is 4.90 Å². The number of amides is 1. The number of nitrogens with one attached hydrogen (secondary N) is 1. The highest BCUT2D eigenvalue weighted by Crippen LogP contribution is 2.33. The van der Waals surface area contributed by atoms with Gasteiger partial charge in [0.1, 0.15) is 18.5 Å². The van der Waals surface area contributed by atoms with E-state index in [2.05, 4.69) is 15.2 Å². The third kappa shape index (κ3) is 3.53. The smallest absolute Gasteiger partial charge is 0.361 e. The number of aryl methyl sites for hydroxylation is 1. The molecular weight excluding hydrogens is 339 g/mol. The van der Waals surface area contributed by atoms with Crippen LogP contribution in [0.5, 0.6) is 0 Å². The van der Waals surface area contributed by atoms with Crippen molar-refractivity contribution in [1.29, 1.82) is 0 Å². The highest BCUT2D eigenvalue weighted by atomic mass is 19.4. The first-order chi connectivity index (χ1) is 11.8.